The number of rotatable bonds is 6. The van der Waals surface area contributed by atoms with E-state index in [0.717, 1.165) is 28.8 Å². The number of benzene rings is 2. The summed E-state index contributed by atoms with van der Waals surface area (Å²) >= 11 is 1.08. The highest BCUT2D eigenvalue weighted by Gasteiger charge is 2.61. The molecule has 178 valence electrons. The number of carbonyl (C=O) groups is 3. The third kappa shape index (κ3) is 4.21. The fraction of sp³-hybridized carbons (Fsp3) is 0.333. The first-order valence-corrected chi connectivity index (χ1v) is 11.6. The highest BCUT2D eigenvalue weighted by atomic mass is 32.2. The van der Waals surface area contributed by atoms with Gasteiger partial charge in [0.1, 0.15) is 11.5 Å². The van der Waals surface area contributed by atoms with Crippen molar-refractivity contribution >= 4 is 40.3 Å². The molecule has 2 aliphatic heterocycles. The number of amidine groups is 1. The van der Waals surface area contributed by atoms with Crippen LogP contribution in [0.5, 0.6) is 11.5 Å². The van der Waals surface area contributed by atoms with E-state index in [2.05, 4.69) is 10.4 Å². The summed E-state index contributed by atoms with van der Waals surface area (Å²) in [6, 6.07) is 13.0. The lowest BCUT2D eigenvalue weighted by atomic mass is 10.0. The van der Waals surface area contributed by atoms with E-state index in [9.17, 15) is 14.4 Å². The molecular weight excluding hydrogens is 456 g/mol. The van der Waals surface area contributed by atoms with Crippen molar-refractivity contribution in [3.63, 3.8) is 0 Å². The highest BCUT2D eigenvalue weighted by molar-refractivity contribution is 8.15. The zero-order valence-electron chi connectivity index (χ0n) is 19.5. The second-order valence-corrected chi connectivity index (χ2v) is 9.20. The monoisotopic (exact) mass is 482 g/mol. The van der Waals surface area contributed by atoms with Gasteiger partial charge in [0.15, 0.2) is 5.17 Å². The number of amides is 3. The van der Waals surface area contributed by atoms with E-state index in [0.29, 0.717) is 30.9 Å². The quantitative estimate of drug-likeness (QED) is 0.636. The summed E-state index contributed by atoms with van der Waals surface area (Å²) < 4.78 is 11.0. The van der Waals surface area contributed by atoms with Crippen molar-refractivity contribution in [2.24, 2.45) is 5.10 Å². The Labute approximate surface area is 202 Å². The number of carbonyl (C=O) groups excluding carboxylic acids is 3. The predicted octanol–water partition coefficient (Wildman–Crippen LogP) is 2.97. The van der Waals surface area contributed by atoms with Crippen molar-refractivity contribution in [2.45, 2.75) is 32.1 Å². The minimum Gasteiger partial charge on any atom is -0.497 e. The maximum atomic E-state index is 13.8. The fourth-order valence-corrected chi connectivity index (χ4v) is 5.36. The van der Waals surface area contributed by atoms with E-state index in [4.69, 9.17) is 9.47 Å². The molecule has 9 nitrogen and oxygen atoms in total. The third-order valence-corrected chi connectivity index (χ3v) is 6.75. The summed E-state index contributed by atoms with van der Waals surface area (Å²) in [5.41, 5.74) is 2.35. The maximum Gasteiger partial charge on any atom is 0.270 e. The van der Waals surface area contributed by atoms with Crippen molar-refractivity contribution in [1.82, 2.24) is 10.3 Å². The molecule has 0 aliphatic carbocycles. The van der Waals surface area contributed by atoms with Crippen LogP contribution in [0.2, 0.25) is 0 Å². The van der Waals surface area contributed by atoms with Crippen LogP contribution in [0.15, 0.2) is 47.6 Å². The molecule has 4 rings (SSSR count). The summed E-state index contributed by atoms with van der Waals surface area (Å²) in [6.07, 6.45) is 0.575. The number of methoxy groups -OCH3 is 1. The van der Waals surface area contributed by atoms with Crippen LogP contribution in [0.25, 0.3) is 0 Å². The lowest BCUT2D eigenvalue weighted by Crippen LogP contribution is -2.48. The molecule has 34 heavy (non-hydrogen) atoms. The van der Waals surface area contributed by atoms with Gasteiger partial charge in [0, 0.05) is 26.0 Å². The Morgan fingerprint density at radius 2 is 1.82 bits per heavy atom. The van der Waals surface area contributed by atoms with E-state index in [-0.39, 0.29) is 17.0 Å². The molecule has 0 saturated heterocycles. The lowest BCUT2D eigenvalue weighted by molar-refractivity contribution is -0.139. The minimum atomic E-state index is -1.39. The van der Waals surface area contributed by atoms with Crippen LogP contribution in [-0.2, 0) is 19.3 Å². The molecule has 0 unspecified atom stereocenters. The molecule has 0 bridgehead atoms. The van der Waals surface area contributed by atoms with Gasteiger partial charge in [-0.05, 0) is 55.4 Å². The molecule has 1 atom stereocenters. The van der Waals surface area contributed by atoms with Crippen molar-refractivity contribution in [2.75, 3.05) is 25.2 Å². The predicted molar refractivity (Wildman–Crippen MR) is 130 cm³/mol. The molecule has 0 saturated carbocycles. The number of anilines is 1. The van der Waals surface area contributed by atoms with E-state index in [1.807, 2.05) is 49.4 Å². The SMILES string of the molecule is COc1ccc(OCCCN2C(=O)[C@]3(SC(NC(C)=O)=NN3C(C)=O)c3cc(C)ccc32)cc1. The number of ether oxygens (including phenoxy) is 2. The van der Waals surface area contributed by atoms with Gasteiger partial charge in [-0.2, -0.15) is 5.01 Å². The molecule has 3 amide bonds. The maximum absolute atomic E-state index is 13.8. The number of hydrogen-bond donors (Lipinski definition) is 1. The Kier molecular flexibility index (Phi) is 6.52. The van der Waals surface area contributed by atoms with Crippen LogP contribution in [-0.4, -0.2) is 48.2 Å². The van der Waals surface area contributed by atoms with Crippen LogP contribution < -0.4 is 19.7 Å². The molecule has 0 fully saturated rings. The standard InChI is InChI=1S/C24H26N4O5S/c1-15-6-11-21-20(14-15)24(28(17(3)30)26-23(34-24)25-16(2)29)22(31)27(21)12-5-13-33-19-9-7-18(32-4)8-10-19/h6-11,14H,5,12-13H2,1-4H3,(H,25,26,29)/t24-/m1/s1. The average molecular weight is 483 g/mol. The molecule has 2 aromatic carbocycles. The van der Waals surface area contributed by atoms with Gasteiger partial charge < -0.3 is 19.7 Å². The van der Waals surface area contributed by atoms with Gasteiger partial charge >= 0.3 is 0 Å². The average Bonchev–Trinajstić information content (AvgIpc) is 3.28. The third-order valence-electron chi connectivity index (χ3n) is 5.51. The van der Waals surface area contributed by atoms with E-state index >= 15 is 0 Å². The Morgan fingerprint density at radius 1 is 1.12 bits per heavy atom. The van der Waals surface area contributed by atoms with Crippen molar-refractivity contribution in [1.29, 1.82) is 0 Å². The number of hydrazone groups is 1. The molecule has 2 aliphatic rings. The number of aryl methyl sites for hydroxylation is 1. The number of nitrogens with one attached hydrogen (secondary N) is 1. The number of nitrogens with zero attached hydrogens (tertiary/aromatic N) is 3. The number of thioether (sulfide) groups is 1. The second kappa shape index (κ2) is 9.38. The summed E-state index contributed by atoms with van der Waals surface area (Å²) in [7, 11) is 1.61. The number of hydrogen-bond acceptors (Lipinski definition) is 7. The summed E-state index contributed by atoms with van der Waals surface area (Å²) in [5.74, 6) is 0.468. The van der Waals surface area contributed by atoms with Crippen LogP contribution in [0.1, 0.15) is 31.4 Å². The van der Waals surface area contributed by atoms with Gasteiger partial charge in [0.05, 0.1) is 19.4 Å². The molecule has 2 aromatic rings. The Morgan fingerprint density at radius 3 is 2.47 bits per heavy atom. The van der Waals surface area contributed by atoms with Crippen molar-refractivity contribution in [3.05, 3.63) is 53.6 Å². The largest absolute Gasteiger partial charge is 0.497 e. The summed E-state index contributed by atoms with van der Waals surface area (Å²) in [5, 5.41) is 8.29. The van der Waals surface area contributed by atoms with Gasteiger partial charge in [-0.3, -0.25) is 14.4 Å². The topological polar surface area (TPSA) is 101 Å². The zero-order chi connectivity index (χ0) is 24.5. The van der Waals surface area contributed by atoms with Gasteiger partial charge in [-0.1, -0.05) is 17.7 Å². The van der Waals surface area contributed by atoms with Crippen molar-refractivity contribution < 1.29 is 23.9 Å². The first-order chi connectivity index (χ1) is 16.3. The molecule has 1 N–H and O–H groups in total. The van der Waals surface area contributed by atoms with Crippen molar-refractivity contribution in [3.8, 4) is 11.5 Å². The van der Waals surface area contributed by atoms with Gasteiger partial charge in [-0.25, -0.2) is 0 Å². The molecule has 2 heterocycles. The Balaban J connectivity index is 1.55. The Bertz CT molecular complexity index is 1170. The van der Waals surface area contributed by atoms with E-state index in [1.54, 1.807) is 12.0 Å². The molecule has 10 heteroatoms. The molecule has 0 aromatic heterocycles. The summed E-state index contributed by atoms with van der Waals surface area (Å²) in [6.45, 7) is 5.44. The number of fused-ring (bicyclic) bond motifs is 2. The van der Waals surface area contributed by atoms with E-state index in [1.165, 1.54) is 18.9 Å². The minimum absolute atomic E-state index is 0.216. The normalized spacial score (nSPS) is 18.7. The first kappa shape index (κ1) is 23.6. The first-order valence-electron chi connectivity index (χ1n) is 10.8. The van der Waals surface area contributed by atoms with Crippen LogP contribution in [0, 0.1) is 6.92 Å². The molecule has 0 radical (unpaired) electrons. The lowest BCUT2D eigenvalue weighted by Gasteiger charge is -2.29. The van der Waals surface area contributed by atoms with E-state index < -0.39 is 10.8 Å². The smallest absolute Gasteiger partial charge is 0.270 e. The van der Waals surface area contributed by atoms with Crippen LogP contribution in [0.4, 0.5) is 5.69 Å². The Hall–Kier alpha value is -3.53. The zero-order valence-corrected chi connectivity index (χ0v) is 20.3. The molecule has 1 spiro atoms. The van der Waals surface area contributed by atoms with Crippen LogP contribution >= 0.6 is 11.8 Å². The second-order valence-electron chi connectivity index (χ2n) is 8.02. The van der Waals surface area contributed by atoms with Crippen LogP contribution in [0.3, 0.4) is 0 Å². The van der Waals surface area contributed by atoms with Gasteiger partial charge in [0.25, 0.3) is 5.91 Å². The molecular formula is C24H26N4O5S. The summed E-state index contributed by atoms with van der Waals surface area (Å²) in [4.78, 5) is 38.3. The fourth-order valence-electron chi connectivity index (χ4n) is 4.03. The highest BCUT2D eigenvalue weighted by Crippen LogP contribution is 2.54. The van der Waals surface area contributed by atoms with Gasteiger partial charge in [-0.15, -0.1) is 5.10 Å². The van der Waals surface area contributed by atoms with Gasteiger partial charge in [0.2, 0.25) is 16.7 Å².